The van der Waals surface area contributed by atoms with Crippen molar-refractivity contribution >= 4 is 35.8 Å². The number of aryl methyl sites for hydroxylation is 2. The molecule has 8 nitrogen and oxygen atoms in total. The number of amides is 1. The lowest BCUT2D eigenvalue weighted by atomic mass is 10.1. The molecule has 176 valence electrons. The van der Waals surface area contributed by atoms with Gasteiger partial charge >= 0.3 is 0 Å². The molecular formula is C24H31IN6O2. The van der Waals surface area contributed by atoms with E-state index in [0.717, 1.165) is 34.0 Å². The lowest BCUT2D eigenvalue weighted by molar-refractivity contribution is -0.120. The Morgan fingerprint density at radius 2 is 1.76 bits per heavy atom. The van der Waals surface area contributed by atoms with Gasteiger partial charge in [0.25, 0.3) is 0 Å². The Labute approximate surface area is 211 Å². The largest absolute Gasteiger partial charge is 0.497 e. The van der Waals surface area contributed by atoms with Gasteiger partial charge in [-0.3, -0.25) is 9.79 Å². The van der Waals surface area contributed by atoms with Crippen LogP contribution in [0.2, 0.25) is 0 Å². The van der Waals surface area contributed by atoms with Crippen molar-refractivity contribution in [1.82, 2.24) is 25.7 Å². The number of guanidine groups is 1. The maximum absolute atomic E-state index is 12.2. The van der Waals surface area contributed by atoms with Gasteiger partial charge in [0.15, 0.2) is 5.96 Å². The highest BCUT2D eigenvalue weighted by molar-refractivity contribution is 14.0. The van der Waals surface area contributed by atoms with Gasteiger partial charge in [0, 0.05) is 25.8 Å². The Morgan fingerprint density at radius 1 is 1.03 bits per heavy atom. The fourth-order valence-corrected chi connectivity index (χ4v) is 3.31. The number of carbonyl (C=O) groups excluding carboxylic acids is 1. The molecule has 0 aliphatic carbocycles. The quantitative estimate of drug-likeness (QED) is 0.223. The molecule has 0 fully saturated rings. The third-order valence-corrected chi connectivity index (χ3v) is 4.96. The van der Waals surface area contributed by atoms with Crippen molar-refractivity contribution in [2.45, 2.75) is 26.9 Å². The van der Waals surface area contributed by atoms with Gasteiger partial charge in [-0.25, -0.2) is 4.68 Å². The molecule has 0 saturated carbocycles. The van der Waals surface area contributed by atoms with Crippen molar-refractivity contribution in [1.29, 1.82) is 0 Å². The van der Waals surface area contributed by atoms with Crippen LogP contribution in [0.4, 0.5) is 0 Å². The Kier molecular flexibility index (Phi) is 10.2. The second-order valence-electron chi connectivity index (χ2n) is 7.37. The van der Waals surface area contributed by atoms with E-state index < -0.39 is 0 Å². The number of carbonyl (C=O) groups is 1. The monoisotopic (exact) mass is 562 g/mol. The van der Waals surface area contributed by atoms with Gasteiger partial charge in [0.2, 0.25) is 5.91 Å². The summed E-state index contributed by atoms with van der Waals surface area (Å²) in [5, 5.41) is 13.8. The molecule has 9 heteroatoms. The summed E-state index contributed by atoms with van der Waals surface area (Å²) in [6, 6.07) is 17.7. The van der Waals surface area contributed by atoms with Gasteiger partial charge in [-0.2, -0.15) is 5.10 Å². The number of aromatic nitrogens is 2. The summed E-state index contributed by atoms with van der Waals surface area (Å²) < 4.78 is 7.08. The molecule has 0 atom stereocenters. The topological polar surface area (TPSA) is 92.6 Å². The number of ether oxygens (including phenoxy) is 1. The first-order valence-electron chi connectivity index (χ1n) is 10.5. The smallest absolute Gasteiger partial charge is 0.239 e. The molecule has 0 aliphatic rings. The molecule has 0 spiro atoms. The highest BCUT2D eigenvalue weighted by Gasteiger charge is 2.10. The summed E-state index contributed by atoms with van der Waals surface area (Å²) in [5.74, 6) is 1.22. The number of aliphatic imine (C=N–C) groups is 1. The maximum atomic E-state index is 12.2. The van der Waals surface area contributed by atoms with Crippen LogP contribution in [0.15, 0.2) is 59.6 Å². The van der Waals surface area contributed by atoms with Crippen LogP contribution in [-0.4, -0.2) is 42.3 Å². The van der Waals surface area contributed by atoms with Crippen molar-refractivity contribution in [2.75, 3.05) is 20.7 Å². The normalized spacial score (nSPS) is 10.8. The van der Waals surface area contributed by atoms with Crippen LogP contribution < -0.4 is 20.7 Å². The van der Waals surface area contributed by atoms with E-state index in [9.17, 15) is 4.79 Å². The average molecular weight is 562 g/mol. The Hall–Kier alpha value is -3.08. The molecule has 0 aliphatic heterocycles. The zero-order valence-electron chi connectivity index (χ0n) is 19.4. The highest BCUT2D eigenvalue weighted by atomic mass is 127. The second-order valence-corrected chi connectivity index (χ2v) is 7.37. The minimum absolute atomic E-state index is 0. The lowest BCUT2D eigenvalue weighted by Crippen LogP contribution is -2.42. The molecule has 0 unspecified atom stereocenters. The molecule has 0 saturated heterocycles. The van der Waals surface area contributed by atoms with Crippen LogP contribution in [0.1, 0.15) is 22.5 Å². The van der Waals surface area contributed by atoms with Crippen molar-refractivity contribution in [3.05, 3.63) is 77.1 Å². The predicted octanol–water partition coefficient (Wildman–Crippen LogP) is 3.10. The molecule has 0 bridgehead atoms. The van der Waals surface area contributed by atoms with Gasteiger partial charge in [0.05, 0.1) is 25.0 Å². The molecular weight excluding hydrogens is 531 g/mol. The Balaban J connectivity index is 0.00000385. The number of para-hydroxylation sites is 1. The van der Waals surface area contributed by atoms with Crippen molar-refractivity contribution in [2.24, 2.45) is 4.99 Å². The van der Waals surface area contributed by atoms with Crippen LogP contribution in [0.3, 0.4) is 0 Å². The fraction of sp³-hybridized carbons (Fsp3) is 0.292. The molecule has 1 aromatic heterocycles. The predicted molar refractivity (Wildman–Crippen MR) is 141 cm³/mol. The second kappa shape index (κ2) is 12.8. The molecule has 3 N–H and O–H groups in total. The van der Waals surface area contributed by atoms with Gasteiger partial charge in [-0.05, 0) is 49.2 Å². The van der Waals surface area contributed by atoms with E-state index in [1.54, 1.807) is 14.2 Å². The van der Waals surface area contributed by atoms with E-state index in [-0.39, 0.29) is 36.4 Å². The number of hydrogen-bond acceptors (Lipinski definition) is 4. The van der Waals surface area contributed by atoms with E-state index in [0.29, 0.717) is 19.0 Å². The number of halogens is 1. The van der Waals surface area contributed by atoms with Crippen LogP contribution in [0.5, 0.6) is 5.75 Å². The number of hydrogen-bond donors (Lipinski definition) is 3. The minimum atomic E-state index is -0.119. The summed E-state index contributed by atoms with van der Waals surface area (Å²) >= 11 is 0. The minimum Gasteiger partial charge on any atom is -0.497 e. The first-order chi connectivity index (χ1) is 15.5. The highest BCUT2D eigenvalue weighted by Crippen LogP contribution is 2.17. The van der Waals surface area contributed by atoms with E-state index in [2.05, 4.69) is 32.1 Å². The van der Waals surface area contributed by atoms with E-state index in [1.165, 1.54) is 0 Å². The number of nitrogens with zero attached hydrogens (tertiary/aromatic N) is 3. The van der Waals surface area contributed by atoms with Crippen LogP contribution in [0.25, 0.3) is 5.69 Å². The van der Waals surface area contributed by atoms with Crippen molar-refractivity contribution in [3.63, 3.8) is 0 Å². The summed E-state index contributed by atoms with van der Waals surface area (Å²) in [5.41, 5.74) is 5.14. The number of rotatable bonds is 8. The Bertz CT molecular complexity index is 1080. The molecule has 0 radical (unpaired) electrons. The summed E-state index contributed by atoms with van der Waals surface area (Å²) in [6.07, 6.45) is 0. The molecule has 33 heavy (non-hydrogen) atoms. The molecule has 1 heterocycles. The van der Waals surface area contributed by atoms with Gasteiger partial charge in [0.1, 0.15) is 5.75 Å². The summed E-state index contributed by atoms with van der Waals surface area (Å²) in [4.78, 5) is 16.4. The number of benzene rings is 2. The third-order valence-electron chi connectivity index (χ3n) is 4.96. The van der Waals surface area contributed by atoms with Crippen LogP contribution in [-0.2, 0) is 17.9 Å². The SMILES string of the molecule is CN=C(NCC(=O)NCc1ccc(OC)cc1)NCc1ccccc1-n1nc(C)cc1C.I. The lowest BCUT2D eigenvalue weighted by Gasteiger charge is -2.15. The molecule has 1 amide bonds. The van der Waals surface area contributed by atoms with E-state index >= 15 is 0 Å². The van der Waals surface area contributed by atoms with Crippen LogP contribution in [0, 0.1) is 13.8 Å². The van der Waals surface area contributed by atoms with Gasteiger partial charge < -0.3 is 20.7 Å². The van der Waals surface area contributed by atoms with Crippen molar-refractivity contribution in [3.8, 4) is 11.4 Å². The van der Waals surface area contributed by atoms with Crippen molar-refractivity contribution < 1.29 is 9.53 Å². The fourth-order valence-electron chi connectivity index (χ4n) is 3.31. The summed E-state index contributed by atoms with van der Waals surface area (Å²) in [7, 11) is 3.30. The first kappa shape index (κ1) is 26.2. The van der Waals surface area contributed by atoms with Gasteiger partial charge in [-0.1, -0.05) is 30.3 Å². The molecule has 2 aromatic carbocycles. The average Bonchev–Trinajstić information content (AvgIpc) is 3.15. The molecule has 3 aromatic rings. The maximum Gasteiger partial charge on any atom is 0.239 e. The standard InChI is InChI=1S/C24H30N6O2.HI/c1-17-13-18(2)30(29-17)22-8-6-5-7-20(22)15-27-24(25-3)28-16-23(31)26-14-19-9-11-21(32-4)12-10-19;/h5-13H,14-16H2,1-4H3,(H,26,31)(H2,25,27,28);1H. The third kappa shape index (κ3) is 7.48. The van der Waals surface area contributed by atoms with E-state index in [1.807, 2.05) is 67.1 Å². The number of methoxy groups -OCH3 is 1. The van der Waals surface area contributed by atoms with Crippen LogP contribution >= 0.6 is 24.0 Å². The first-order valence-corrected chi connectivity index (χ1v) is 10.5. The van der Waals surface area contributed by atoms with E-state index in [4.69, 9.17) is 4.74 Å². The zero-order chi connectivity index (χ0) is 22.9. The molecule has 3 rings (SSSR count). The number of nitrogens with one attached hydrogen (secondary N) is 3. The van der Waals surface area contributed by atoms with Gasteiger partial charge in [-0.15, -0.1) is 24.0 Å². The zero-order valence-corrected chi connectivity index (χ0v) is 21.7. The Morgan fingerprint density at radius 3 is 2.39 bits per heavy atom. The summed E-state index contributed by atoms with van der Waals surface area (Å²) in [6.45, 7) is 5.13.